The van der Waals surface area contributed by atoms with Gasteiger partial charge >= 0.3 is 0 Å². The summed E-state index contributed by atoms with van der Waals surface area (Å²) in [5.41, 5.74) is 1.07. The zero-order chi connectivity index (χ0) is 9.26. The number of hydrogen-bond acceptors (Lipinski definition) is 2. The minimum Gasteiger partial charge on any atom is -0.300 e. The van der Waals surface area contributed by atoms with E-state index in [9.17, 15) is 4.79 Å². The van der Waals surface area contributed by atoms with Crippen molar-refractivity contribution in [3.63, 3.8) is 0 Å². The van der Waals surface area contributed by atoms with Crippen molar-refractivity contribution in [1.29, 1.82) is 0 Å². The molecular weight excluding hydrogens is 164 g/mol. The monoisotopic (exact) mass is 178 g/mol. The van der Waals surface area contributed by atoms with Crippen LogP contribution in [-0.4, -0.2) is 15.6 Å². The number of aromatic nitrogens is 2. The molecule has 0 saturated heterocycles. The van der Waals surface area contributed by atoms with E-state index in [1.165, 1.54) is 19.3 Å². The number of Topliss-reactive ketones (excluding diaryl/α,β-unsaturated/α-hetero) is 1. The summed E-state index contributed by atoms with van der Waals surface area (Å²) in [5, 5.41) is 4.26. The van der Waals surface area contributed by atoms with Gasteiger partial charge in [0.1, 0.15) is 5.78 Å². The van der Waals surface area contributed by atoms with Gasteiger partial charge in [0.25, 0.3) is 0 Å². The maximum absolute atomic E-state index is 11.0. The lowest BCUT2D eigenvalue weighted by Gasteiger charge is -2.27. The lowest BCUT2D eigenvalue weighted by molar-refractivity contribution is -0.116. The average Bonchev–Trinajstić information content (AvgIpc) is 2.32. The van der Waals surface area contributed by atoms with E-state index in [0.29, 0.717) is 12.5 Å². The van der Waals surface area contributed by atoms with Crippen molar-refractivity contribution in [1.82, 2.24) is 9.78 Å². The first kappa shape index (κ1) is 8.48. The molecule has 0 aromatic carbocycles. The predicted octanol–water partition coefficient (Wildman–Crippen LogP) is 1.74. The number of hydrogen-bond donors (Lipinski definition) is 0. The minimum atomic E-state index is 0.209. The maximum Gasteiger partial charge on any atom is 0.135 e. The van der Waals surface area contributed by atoms with Crippen molar-refractivity contribution in [2.24, 2.45) is 0 Å². The van der Waals surface area contributed by atoms with Crippen LogP contribution in [0.5, 0.6) is 0 Å². The van der Waals surface area contributed by atoms with Gasteiger partial charge in [0.2, 0.25) is 0 Å². The SMILES string of the molecule is CC(=O)Cc1ccnn1C1CCC1. The number of carbonyl (C=O) groups is 1. The number of rotatable bonds is 3. The molecule has 3 nitrogen and oxygen atoms in total. The summed E-state index contributed by atoms with van der Waals surface area (Å²) in [7, 11) is 0. The first-order chi connectivity index (χ1) is 6.27. The molecule has 1 aromatic rings. The third-order valence-corrected chi connectivity index (χ3v) is 2.60. The zero-order valence-corrected chi connectivity index (χ0v) is 7.86. The van der Waals surface area contributed by atoms with Gasteiger partial charge in [-0.2, -0.15) is 5.10 Å². The summed E-state index contributed by atoms with van der Waals surface area (Å²) in [4.78, 5) is 11.0. The molecule has 0 bridgehead atoms. The van der Waals surface area contributed by atoms with Gasteiger partial charge in [-0.05, 0) is 32.3 Å². The Balaban J connectivity index is 2.14. The topological polar surface area (TPSA) is 34.9 Å². The van der Waals surface area contributed by atoms with E-state index in [1.807, 2.05) is 10.7 Å². The molecule has 1 aliphatic rings. The van der Waals surface area contributed by atoms with Crippen LogP contribution in [-0.2, 0) is 11.2 Å². The second-order valence-electron chi connectivity index (χ2n) is 3.73. The van der Waals surface area contributed by atoms with Crippen molar-refractivity contribution in [2.45, 2.75) is 38.6 Å². The zero-order valence-electron chi connectivity index (χ0n) is 7.86. The van der Waals surface area contributed by atoms with Gasteiger partial charge in [-0.15, -0.1) is 0 Å². The van der Waals surface area contributed by atoms with Crippen molar-refractivity contribution in [3.05, 3.63) is 18.0 Å². The Hall–Kier alpha value is -1.12. The van der Waals surface area contributed by atoms with Gasteiger partial charge in [0, 0.05) is 18.3 Å². The summed E-state index contributed by atoms with van der Waals surface area (Å²) in [6, 6.07) is 2.50. The average molecular weight is 178 g/mol. The van der Waals surface area contributed by atoms with Gasteiger partial charge in [0.05, 0.1) is 6.04 Å². The van der Waals surface area contributed by atoms with Crippen LogP contribution < -0.4 is 0 Å². The van der Waals surface area contributed by atoms with Crippen molar-refractivity contribution >= 4 is 5.78 Å². The summed E-state index contributed by atoms with van der Waals surface area (Å²) < 4.78 is 2.02. The van der Waals surface area contributed by atoms with Crippen LogP contribution in [0, 0.1) is 0 Å². The standard InChI is InChI=1S/C10H14N2O/c1-8(13)7-10-5-6-11-12(10)9-3-2-4-9/h5-6,9H,2-4,7H2,1H3. The second-order valence-corrected chi connectivity index (χ2v) is 3.73. The second kappa shape index (κ2) is 3.32. The molecule has 0 spiro atoms. The van der Waals surface area contributed by atoms with E-state index >= 15 is 0 Å². The van der Waals surface area contributed by atoms with Crippen LogP contribution in [0.15, 0.2) is 12.3 Å². The molecule has 0 radical (unpaired) electrons. The third-order valence-electron chi connectivity index (χ3n) is 2.60. The van der Waals surface area contributed by atoms with Gasteiger partial charge in [-0.25, -0.2) is 0 Å². The Morgan fingerprint density at radius 3 is 3.00 bits per heavy atom. The molecule has 1 fully saturated rings. The van der Waals surface area contributed by atoms with Gasteiger partial charge in [-0.1, -0.05) is 0 Å². The molecule has 3 heteroatoms. The molecule has 0 unspecified atom stereocenters. The van der Waals surface area contributed by atoms with Crippen LogP contribution >= 0.6 is 0 Å². The van der Waals surface area contributed by atoms with E-state index in [4.69, 9.17) is 0 Å². The Morgan fingerprint density at radius 1 is 1.69 bits per heavy atom. The molecule has 2 rings (SSSR count). The predicted molar refractivity (Wildman–Crippen MR) is 49.5 cm³/mol. The smallest absolute Gasteiger partial charge is 0.135 e. The first-order valence-electron chi connectivity index (χ1n) is 4.79. The highest BCUT2D eigenvalue weighted by molar-refractivity contribution is 5.77. The fourth-order valence-corrected chi connectivity index (χ4v) is 1.70. The first-order valence-corrected chi connectivity index (χ1v) is 4.79. The molecule has 0 atom stereocenters. The Bertz CT molecular complexity index is 312. The van der Waals surface area contributed by atoms with Crippen LogP contribution in [0.4, 0.5) is 0 Å². The van der Waals surface area contributed by atoms with E-state index in [-0.39, 0.29) is 5.78 Å². The highest BCUT2D eigenvalue weighted by Gasteiger charge is 2.22. The highest BCUT2D eigenvalue weighted by atomic mass is 16.1. The molecule has 1 heterocycles. The number of ketones is 1. The molecule has 1 aromatic heterocycles. The Kier molecular flexibility index (Phi) is 2.17. The van der Waals surface area contributed by atoms with E-state index in [0.717, 1.165) is 5.69 Å². The third kappa shape index (κ3) is 1.64. The van der Waals surface area contributed by atoms with Crippen molar-refractivity contribution in [2.75, 3.05) is 0 Å². The summed E-state index contributed by atoms with van der Waals surface area (Å²) in [6.45, 7) is 1.62. The number of carbonyl (C=O) groups excluding carboxylic acids is 1. The molecule has 0 amide bonds. The quantitative estimate of drug-likeness (QED) is 0.706. The van der Waals surface area contributed by atoms with Crippen LogP contribution in [0.25, 0.3) is 0 Å². The molecule has 1 saturated carbocycles. The molecule has 0 aliphatic heterocycles. The number of nitrogens with zero attached hydrogens (tertiary/aromatic N) is 2. The van der Waals surface area contributed by atoms with Gasteiger partial charge in [-0.3, -0.25) is 9.48 Å². The Morgan fingerprint density at radius 2 is 2.46 bits per heavy atom. The van der Waals surface area contributed by atoms with Crippen LogP contribution in [0.2, 0.25) is 0 Å². The van der Waals surface area contributed by atoms with Gasteiger partial charge in [0.15, 0.2) is 0 Å². The molecular formula is C10H14N2O. The highest BCUT2D eigenvalue weighted by Crippen LogP contribution is 2.31. The van der Waals surface area contributed by atoms with Crippen molar-refractivity contribution < 1.29 is 4.79 Å². The van der Waals surface area contributed by atoms with E-state index in [1.54, 1.807) is 13.1 Å². The fraction of sp³-hybridized carbons (Fsp3) is 0.600. The van der Waals surface area contributed by atoms with E-state index < -0.39 is 0 Å². The minimum absolute atomic E-state index is 0.209. The molecule has 13 heavy (non-hydrogen) atoms. The maximum atomic E-state index is 11.0. The lowest BCUT2D eigenvalue weighted by atomic mass is 9.93. The van der Waals surface area contributed by atoms with Crippen molar-refractivity contribution in [3.8, 4) is 0 Å². The van der Waals surface area contributed by atoms with Crippen LogP contribution in [0.3, 0.4) is 0 Å². The summed E-state index contributed by atoms with van der Waals surface area (Å²) in [5.74, 6) is 0.209. The molecule has 1 aliphatic carbocycles. The summed E-state index contributed by atoms with van der Waals surface area (Å²) >= 11 is 0. The molecule has 70 valence electrons. The molecule has 0 N–H and O–H groups in total. The summed E-state index contributed by atoms with van der Waals surface area (Å²) in [6.07, 6.45) is 6.04. The van der Waals surface area contributed by atoms with Crippen LogP contribution in [0.1, 0.15) is 37.9 Å². The van der Waals surface area contributed by atoms with Gasteiger partial charge < -0.3 is 0 Å². The normalized spacial score (nSPS) is 17.0. The lowest BCUT2D eigenvalue weighted by Crippen LogP contribution is -2.21. The van der Waals surface area contributed by atoms with E-state index in [2.05, 4.69) is 5.10 Å². The Labute approximate surface area is 77.7 Å². The fourth-order valence-electron chi connectivity index (χ4n) is 1.70. The largest absolute Gasteiger partial charge is 0.300 e.